The predicted octanol–water partition coefficient (Wildman–Crippen LogP) is -0.917. The summed E-state index contributed by atoms with van der Waals surface area (Å²) in [6.07, 6.45) is 0. The van der Waals surface area contributed by atoms with Crippen LogP contribution in [0.2, 0.25) is 0 Å². The van der Waals surface area contributed by atoms with Gasteiger partial charge in [-0.15, -0.1) is 4.83 Å². The number of hydrogen-bond acceptors (Lipinski definition) is 3. The van der Waals surface area contributed by atoms with Crippen LogP contribution in [0.15, 0.2) is 0 Å². The Morgan fingerprint density at radius 1 is 1.30 bits per heavy atom. The lowest BCUT2D eigenvalue weighted by atomic mass is 10.1. The first-order chi connectivity index (χ1) is 4.27. The highest BCUT2D eigenvalue weighted by Crippen LogP contribution is 1.99. The molecule has 0 aromatic carbocycles. The SMILES string of the molecule is CC(C)(C)NS(=O)(=O)NN. The van der Waals surface area contributed by atoms with Gasteiger partial charge in [-0.05, 0) is 20.8 Å². The summed E-state index contributed by atoms with van der Waals surface area (Å²) < 4.78 is 23.6. The van der Waals surface area contributed by atoms with Crippen LogP contribution in [0.25, 0.3) is 0 Å². The molecular weight excluding hydrogens is 154 g/mol. The second-order valence-electron chi connectivity index (χ2n) is 2.97. The average Bonchev–Trinajstić information content (AvgIpc) is 1.60. The van der Waals surface area contributed by atoms with Crippen molar-refractivity contribution in [1.82, 2.24) is 9.55 Å². The minimum absolute atomic E-state index is 0.495. The molecule has 4 N–H and O–H groups in total. The second-order valence-corrected chi connectivity index (χ2v) is 4.42. The second kappa shape index (κ2) is 2.83. The first-order valence-electron chi connectivity index (χ1n) is 2.78. The molecule has 0 atom stereocenters. The monoisotopic (exact) mass is 167 g/mol. The van der Waals surface area contributed by atoms with E-state index in [1.54, 1.807) is 25.6 Å². The summed E-state index contributed by atoms with van der Waals surface area (Å²) >= 11 is 0. The summed E-state index contributed by atoms with van der Waals surface area (Å²) in [7, 11) is -3.50. The summed E-state index contributed by atoms with van der Waals surface area (Å²) in [5, 5.41) is 0. The Hall–Kier alpha value is -0.170. The fraction of sp³-hybridized carbons (Fsp3) is 1.00. The molecule has 5 nitrogen and oxygen atoms in total. The normalized spacial score (nSPS) is 13.6. The van der Waals surface area contributed by atoms with Gasteiger partial charge in [-0.1, -0.05) is 0 Å². The van der Waals surface area contributed by atoms with E-state index in [9.17, 15) is 8.42 Å². The minimum atomic E-state index is -3.50. The third-order valence-electron chi connectivity index (χ3n) is 0.596. The van der Waals surface area contributed by atoms with Crippen LogP contribution in [0.5, 0.6) is 0 Å². The highest BCUT2D eigenvalue weighted by molar-refractivity contribution is 7.87. The minimum Gasteiger partial charge on any atom is -0.257 e. The Kier molecular flexibility index (Phi) is 2.78. The van der Waals surface area contributed by atoms with Crippen molar-refractivity contribution >= 4 is 10.2 Å². The average molecular weight is 167 g/mol. The van der Waals surface area contributed by atoms with Crippen molar-refractivity contribution in [1.29, 1.82) is 0 Å². The third kappa shape index (κ3) is 4.68. The highest BCUT2D eigenvalue weighted by atomic mass is 32.2. The lowest BCUT2D eigenvalue weighted by molar-refractivity contribution is 0.485. The van der Waals surface area contributed by atoms with Crippen molar-refractivity contribution in [3.05, 3.63) is 0 Å². The molecule has 0 fully saturated rings. The van der Waals surface area contributed by atoms with E-state index in [0.717, 1.165) is 0 Å². The van der Waals surface area contributed by atoms with Crippen LogP contribution in [0.4, 0.5) is 0 Å². The Labute approximate surface area is 61.1 Å². The van der Waals surface area contributed by atoms with Crippen molar-refractivity contribution < 1.29 is 8.42 Å². The van der Waals surface area contributed by atoms with E-state index in [2.05, 4.69) is 4.72 Å². The van der Waals surface area contributed by atoms with Gasteiger partial charge in [0.2, 0.25) is 0 Å². The summed E-state index contributed by atoms with van der Waals surface area (Å²) in [5.74, 6) is 4.71. The van der Waals surface area contributed by atoms with Crippen LogP contribution in [-0.2, 0) is 10.2 Å². The molecule has 0 saturated carbocycles. The first kappa shape index (κ1) is 9.83. The summed E-state index contributed by atoms with van der Waals surface area (Å²) in [6, 6.07) is 0. The molecule has 0 bridgehead atoms. The molecule has 10 heavy (non-hydrogen) atoms. The van der Waals surface area contributed by atoms with Gasteiger partial charge < -0.3 is 0 Å². The molecule has 0 aliphatic heterocycles. The van der Waals surface area contributed by atoms with Crippen LogP contribution in [-0.4, -0.2) is 14.0 Å². The number of nitrogens with two attached hydrogens (primary N) is 1. The van der Waals surface area contributed by atoms with Crippen molar-refractivity contribution in [3.63, 3.8) is 0 Å². The number of hydrogen-bond donors (Lipinski definition) is 3. The summed E-state index contributed by atoms with van der Waals surface area (Å²) in [5.41, 5.74) is -0.495. The molecule has 0 aliphatic rings. The van der Waals surface area contributed by atoms with Gasteiger partial charge in [0.25, 0.3) is 10.2 Å². The maximum atomic E-state index is 10.7. The van der Waals surface area contributed by atoms with Gasteiger partial charge >= 0.3 is 0 Å². The van der Waals surface area contributed by atoms with Crippen LogP contribution in [0.3, 0.4) is 0 Å². The highest BCUT2D eigenvalue weighted by Gasteiger charge is 2.17. The Morgan fingerprint density at radius 2 is 1.70 bits per heavy atom. The fourth-order valence-corrected chi connectivity index (χ4v) is 1.30. The molecule has 0 amide bonds. The van der Waals surface area contributed by atoms with Crippen molar-refractivity contribution in [2.45, 2.75) is 26.3 Å². The molecule has 6 heteroatoms. The van der Waals surface area contributed by atoms with Gasteiger partial charge in [0.15, 0.2) is 0 Å². The van der Waals surface area contributed by atoms with Gasteiger partial charge in [0.05, 0.1) is 0 Å². The topological polar surface area (TPSA) is 84.2 Å². The number of nitrogens with one attached hydrogen (secondary N) is 2. The van der Waals surface area contributed by atoms with Crippen molar-refractivity contribution in [2.75, 3.05) is 0 Å². The molecule has 0 rings (SSSR count). The molecule has 0 radical (unpaired) electrons. The molecule has 0 spiro atoms. The summed E-state index contributed by atoms with van der Waals surface area (Å²) in [6.45, 7) is 5.17. The van der Waals surface area contributed by atoms with Gasteiger partial charge in [-0.2, -0.15) is 13.1 Å². The van der Waals surface area contributed by atoms with Gasteiger partial charge in [0.1, 0.15) is 0 Å². The van der Waals surface area contributed by atoms with E-state index in [4.69, 9.17) is 5.84 Å². The quantitative estimate of drug-likeness (QED) is 0.367. The molecule has 0 unspecified atom stereocenters. The predicted molar refractivity (Wildman–Crippen MR) is 39.1 cm³/mol. The van der Waals surface area contributed by atoms with E-state index < -0.39 is 15.7 Å². The van der Waals surface area contributed by atoms with E-state index in [-0.39, 0.29) is 0 Å². The van der Waals surface area contributed by atoms with Crippen molar-refractivity contribution in [3.8, 4) is 0 Å². The zero-order chi connectivity index (χ0) is 8.41. The Morgan fingerprint density at radius 3 is 1.80 bits per heavy atom. The van der Waals surface area contributed by atoms with Gasteiger partial charge in [-0.25, -0.2) is 0 Å². The number of rotatable bonds is 2. The zero-order valence-corrected chi connectivity index (χ0v) is 7.12. The number of hydrazine groups is 1. The van der Waals surface area contributed by atoms with Crippen molar-refractivity contribution in [2.24, 2.45) is 5.84 Å². The van der Waals surface area contributed by atoms with Crippen LogP contribution in [0.1, 0.15) is 20.8 Å². The molecule has 0 saturated heterocycles. The smallest absolute Gasteiger partial charge is 0.257 e. The molecule has 0 aromatic rings. The maximum absolute atomic E-state index is 10.7. The molecule has 0 aromatic heterocycles. The maximum Gasteiger partial charge on any atom is 0.290 e. The first-order valence-corrected chi connectivity index (χ1v) is 4.26. The van der Waals surface area contributed by atoms with Gasteiger partial charge in [-0.3, -0.25) is 5.84 Å². The standard InChI is InChI=1S/C4H13N3O2S/c1-4(2,3)6-10(8,9)7-5/h6-7H,5H2,1-3H3. The van der Waals surface area contributed by atoms with Crippen LogP contribution in [0, 0.1) is 0 Å². The zero-order valence-electron chi connectivity index (χ0n) is 6.30. The van der Waals surface area contributed by atoms with E-state index in [1.165, 1.54) is 0 Å². The Bertz CT molecular complexity index is 191. The van der Waals surface area contributed by atoms with E-state index in [0.29, 0.717) is 0 Å². The lowest BCUT2D eigenvalue weighted by Crippen LogP contribution is -2.49. The summed E-state index contributed by atoms with van der Waals surface area (Å²) in [4.78, 5) is 1.66. The third-order valence-corrected chi connectivity index (χ3v) is 1.79. The van der Waals surface area contributed by atoms with E-state index in [1.807, 2.05) is 0 Å². The van der Waals surface area contributed by atoms with Gasteiger partial charge in [0, 0.05) is 5.54 Å². The lowest BCUT2D eigenvalue weighted by Gasteiger charge is -2.19. The van der Waals surface area contributed by atoms with Crippen LogP contribution >= 0.6 is 0 Å². The Balaban J connectivity index is 4.18. The molecule has 0 heterocycles. The molecule has 62 valence electrons. The van der Waals surface area contributed by atoms with Crippen LogP contribution < -0.4 is 15.4 Å². The molecular formula is C4H13N3O2S. The fourth-order valence-electron chi connectivity index (χ4n) is 0.433. The van der Waals surface area contributed by atoms with E-state index >= 15 is 0 Å². The largest absolute Gasteiger partial charge is 0.290 e. The molecule has 0 aliphatic carbocycles.